The molecular weight excluding hydrogens is 459 g/mol. The lowest BCUT2D eigenvalue weighted by Gasteiger charge is -2.25. The Morgan fingerprint density at radius 1 is 1.30 bits per heavy atom. The van der Waals surface area contributed by atoms with Gasteiger partial charge in [-0.3, -0.25) is 20.2 Å². The predicted octanol–water partition coefficient (Wildman–Crippen LogP) is 5.04. The molecule has 7 nitrogen and oxygen atoms in total. The Kier molecular flexibility index (Phi) is 18.3. The van der Waals surface area contributed by atoms with Crippen LogP contribution in [0.4, 0.5) is 0 Å². The molecule has 0 fully saturated rings. The number of likely N-dealkylation sites (N-methyl/N-ethyl adjacent to an activating group) is 1. The predicted molar refractivity (Wildman–Crippen MR) is 144 cm³/mol. The van der Waals surface area contributed by atoms with Crippen molar-refractivity contribution in [1.29, 1.82) is 5.41 Å². The lowest BCUT2D eigenvalue weighted by atomic mass is 10.0. The minimum Gasteiger partial charge on any atom is -0.343 e. The van der Waals surface area contributed by atoms with Crippen molar-refractivity contribution in [3.05, 3.63) is 36.4 Å². The normalized spacial score (nSPS) is 14.2. The second-order valence-electron chi connectivity index (χ2n) is 7.49. The summed E-state index contributed by atoms with van der Waals surface area (Å²) in [6.45, 7) is 11.7. The van der Waals surface area contributed by atoms with Crippen LogP contribution in [0.2, 0.25) is 0 Å². The van der Waals surface area contributed by atoms with Crippen LogP contribution in [0.1, 0.15) is 46.5 Å². The zero-order valence-electron chi connectivity index (χ0n) is 20.4. The summed E-state index contributed by atoms with van der Waals surface area (Å²) in [5.74, 6) is -0.197. The van der Waals surface area contributed by atoms with E-state index in [1.807, 2.05) is 26.8 Å². The van der Waals surface area contributed by atoms with E-state index in [4.69, 9.17) is 28.6 Å². The van der Waals surface area contributed by atoms with Crippen LogP contribution >= 0.6 is 23.2 Å². The molecule has 0 spiro atoms. The molecule has 33 heavy (non-hydrogen) atoms. The molecule has 0 aliphatic carbocycles. The maximum Gasteiger partial charge on any atom is 0.232 e. The highest BCUT2D eigenvalue weighted by Crippen LogP contribution is 2.09. The monoisotopic (exact) mass is 498 g/mol. The minimum atomic E-state index is -0.321. The standard InChI is InChI=1S/C24H40Cl2N6O/c1-6-21(23(33)31(5)19-17-28-8-3)14-16-29-32(18-11-9-10-15-25)24(27)30-22(7-2)13-12-20(4)26/h6,8-11,15,20-21,27,29H,1,7,12-14,16-19H2,2-5H3. The Balaban J connectivity index is 5.12. The summed E-state index contributed by atoms with van der Waals surface area (Å²) < 4.78 is 0. The number of alkyl halides is 1. The number of aliphatic imine (C=N–C) groups is 2. The first-order valence-corrected chi connectivity index (χ1v) is 12.2. The molecule has 0 heterocycles. The van der Waals surface area contributed by atoms with Crippen LogP contribution in [0, 0.1) is 11.3 Å². The molecule has 0 bridgehead atoms. The molecule has 1 amide bonds. The Morgan fingerprint density at radius 2 is 2.03 bits per heavy atom. The van der Waals surface area contributed by atoms with Gasteiger partial charge in [-0.25, -0.2) is 10.4 Å². The lowest BCUT2D eigenvalue weighted by molar-refractivity contribution is -0.132. The summed E-state index contributed by atoms with van der Waals surface area (Å²) in [5.41, 5.74) is 5.58. The molecule has 2 N–H and O–H groups in total. The molecule has 0 rings (SSSR count). The van der Waals surface area contributed by atoms with Crippen LogP contribution in [-0.4, -0.2) is 72.3 Å². The number of rotatable bonds is 16. The first kappa shape index (κ1) is 31.0. The van der Waals surface area contributed by atoms with E-state index in [2.05, 4.69) is 22.0 Å². The number of hydrogen-bond acceptors (Lipinski definition) is 4. The van der Waals surface area contributed by atoms with Crippen LogP contribution < -0.4 is 5.43 Å². The van der Waals surface area contributed by atoms with Gasteiger partial charge in [0.25, 0.3) is 0 Å². The van der Waals surface area contributed by atoms with Gasteiger partial charge in [-0.05, 0) is 45.7 Å². The van der Waals surface area contributed by atoms with Crippen LogP contribution in [0.15, 0.2) is 46.4 Å². The average molecular weight is 500 g/mol. The number of halogens is 2. The molecule has 2 atom stereocenters. The summed E-state index contributed by atoms with van der Waals surface area (Å²) in [5, 5.41) is 10.2. The largest absolute Gasteiger partial charge is 0.343 e. The summed E-state index contributed by atoms with van der Waals surface area (Å²) in [6, 6.07) is 0. The fourth-order valence-electron chi connectivity index (χ4n) is 2.83. The molecule has 0 saturated heterocycles. The maximum absolute atomic E-state index is 12.7. The van der Waals surface area contributed by atoms with Crippen LogP contribution in [0.3, 0.4) is 0 Å². The SMILES string of the molecule is C=CC(CCNN(CC=CC=CCl)C(=N)N=C(CC)CCC(C)Cl)C(=O)N(C)CCN=CC. The molecule has 0 aromatic heterocycles. The molecular formula is C24H40Cl2N6O. The number of guanidine groups is 1. The Hall–Kier alpha value is -1.96. The first-order chi connectivity index (χ1) is 15.8. The van der Waals surface area contributed by atoms with Gasteiger partial charge in [-0.15, -0.1) is 18.2 Å². The second-order valence-corrected chi connectivity index (χ2v) is 8.49. The smallest absolute Gasteiger partial charge is 0.232 e. The number of carbonyl (C=O) groups is 1. The fourth-order valence-corrected chi connectivity index (χ4v) is 3.02. The molecule has 0 saturated carbocycles. The van der Waals surface area contributed by atoms with Crippen molar-refractivity contribution in [2.45, 2.75) is 51.8 Å². The van der Waals surface area contributed by atoms with Gasteiger partial charge in [-0.1, -0.05) is 42.8 Å². The van der Waals surface area contributed by atoms with E-state index in [-0.39, 0.29) is 23.2 Å². The van der Waals surface area contributed by atoms with Gasteiger partial charge < -0.3 is 4.90 Å². The van der Waals surface area contributed by atoms with Crippen molar-refractivity contribution < 1.29 is 4.79 Å². The van der Waals surface area contributed by atoms with Crippen LogP contribution in [0.25, 0.3) is 0 Å². The van der Waals surface area contributed by atoms with Crippen LogP contribution in [0.5, 0.6) is 0 Å². The third kappa shape index (κ3) is 14.7. The van der Waals surface area contributed by atoms with Gasteiger partial charge in [0.05, 0.1) is 19.0 Å². The van der Waals surface area contributed by atoms with Gasteiger partial charge in [0.2, 0.25) is 11.9 Å². The quantitative estimate of drug-likeness (QED) is 0.0780. The van der Waals surface area contributed by atoms with E-state index in [9.17, 15) is 4.79 Å². The third-order valence-electron chi connectivity index (χ3n) is 4.85. The molecule has 0 radical (unpaired) electrons. The van der Waals surface area contributed by atoms with Crippen molar-refractivity contribution in [3.63, 3.8) is 0 Å². The van der Waals surface area contributed by atoms with Crippen molar-refractivity contribution in [1.82, 2.24) is 15.3 Å². The van der Waals surface area contributed by atoms with Gasteiger partial charge in [-0.2, -0.15) is 0 Å². The average Bonchev–Trinajstić information content (AvgIpc) is 2.80. The Bertz CT molecular complexity index is 703. The Morgan fingerprint density at radius 3 is 2.61 bits per heavy atom. The van der Waals surface area contributed by atoms with Gasteiger partial charge >= 0.3 is 0 Å². The number of carbonyl (C=O) groups excluding carboxylic acids is 1. The van der Waals surface area contributed by atoms with Gasteiger partial charge in [0, 0.05) is 36.8 Å². The molecule has 0 aliphatic rings. The third-order valence-corrected chi connectivity index (χ3v) is 5.21. The fraction of sp³-hybridized carbons (Fsp3) is 0.583. The zero-order valence-corrected chi connectivity index (χ0v) is 21.9. The van der Waals surface area contributed by atoms with E-state index in [1.165, 1.54) is 5.54 Å². The number of amides is 1. The molecule has 0 aliphatic heterocycles. The summed E-state index contributed by atoms with van der Waals surface area (Å²) in [7, 11) is 1.78. The lowest BCUT2D eigenvalue weighted by Crippen LogP contribution is -2.44. The first-order valence-electron chi connectivity index (χ1n) is 11.3. The van der Waals surface area contributed by atoms with Crippen molar-refractivity contribution in [2.75, 3.05) is 33.2 Å². The summed E-state index contributed by atoms with van der Waals surface area (Å²) >= 11 is 11.6. The van der Waals surface area contributed by atoms with Crippen LogP contribution in [-0.2, 0) is 4.79 Å². The number of nitrogens with one attached hydrogen (secondary N) is 2. The Labute approximate surface area is 209 Å². The van der Waals surface area contributed by atoms with Gasteiger partial charge in [0.1, 0.15) is 0 Å². The number of hydrogen-bond donors (Lipinski definition) is 2. The van der Waals surface area contributed by atoms with E-state index in [0.717, 1.165) is 25.0 Å². The van der Waals surface area contributed by atoms with Crippen molar-refractivity contribution in [2.24, 2.45) is 15.9 Å². The molecule has 2 unspecified atom stereocenters. The molecule has 186 valence electrons. The second kappa shape index (κ2) is 19.5. The topological polar surface area (TPSA) is 84.2 Å². The highest BCUT2D eigenvalue weighted by molar-refractivity contribution is 6.25. The van der Waals surface area contributed by atoms with Gasteiger partial charge in [0.15, 0.2) is 0 Å². The molecule has 0 aromatic carbocycles. The summed E-state index contributed by atoms with van der Waals surface area (Å²) in [4.78, 5) is 23.0. The molecule has 0 aromatic rings. The van der Waals surface area contributed by atoms with E-state index in [0.29, 0.717) is 32.6 Å². The number of nitrogens with zero attached hydrogens (tertiary/aromatic N) is 4. The number of hydrazine groups is 1. The highest BCUT2D eigenvalue weighted by Gasteiger charge is 2.19. The highest BCUT2D eigenvalue weighted by atomic mass is 35.5. The number of allylic oxidation sites excluding steroid dienone is 2. The van der Waals surface area contributed by atoms with Crippen molar-refractivity contribution >= 4 is 47.0 Å². The maximum atomic E-state index is 12.7. The van der Waals surface area contributed by atoms with E-state index >= 15 is 0 Å². The van der Waals surface area contributed by atoms with E-state index < -0.39 is 0 Å². The molecule has 9 heteroatoms. The van der Waals surface area contributed by atoms with E-state index in [1.54, 1.807) is 41.4 Å². The zero-order chi connectivity index (χ0) is 25.1. The minimum absolute atomic E-state index is 0.00774. The summed E-state index contributed by atoms with van der Waals surface area (Å²) in [6.07, 6.45) is 11.7. The van der Waals surface area contributed by atoms with Crippen molar-refractivity contribution in [3.8, 4) is 0 Å².